The molecule has 0 spiro atoms. The summed E-state index contributed by atoms with van der Waals surface area (Å²) in [7, 11) is 0. The number of fused-ring (bicyclic) bond motifs is 1. The summed E-state index contributed by atoms with van der Waals surface area (Å²) in [5.41, 5.74) is 2.17. The van der Waals surface area contributed by atoms with Crippen molar-refractivity contribution in [3.05, 3.63) is 108 Å². The van der Waals surface area contributed by atoms with Crippen LogP contribution < -0.4 is 16.0 Å². The van der Waals surface area contributed by atoms with Gasteiger partial charge in [0.25, 0.3) is 0 Å². The largest absolute Gasteiger partial charge is 0.460 e. The van der Waals surface area contributed by atoms with Crippen LogP contribution in [0, 0.1) is 0 Å². The van der Waals surface area contributed by atoms with Gasteiger partial charge in [-0.3, -0.25) is 14.4 Å². The number of esters is 3. The third-order valence-corrected chi connectivity index (χ3v) is 8.12. The molecule has 57 heavy (non-hydrogen) atoms. The highest BCUT2D eigenvalue weighted by atomic mass is 16.8. The van der Waals surface area contributed by atoms with Crippen LogP contribution in [0.3, 0.4) is 0 Å². The highest BCUT2D eigenvalue weighted by molar-refractivity contribution is 5.79. The zero-order valence-corrected chi connectivity index (χ0v) is 31.1. The van der Waals surface area contributed by atoms with Gasteiger partial charge < -0.3 is 58.6 Å². The number of nitrogens with one attached hydrogen (secondary N) is 3. The van der Waals surface area contributed by atoms with Gasteiger partial charge in [-0.05, 0) is 30.5 Å². The van der Waals surface area contributed by atoms with Crippen molar-refractivity contribution in [2.24, 2.45) is 0 Å². The first-order chi connectivity index (χ1) is 27.4. The zero-order valence-electron chi connectivity index (χ0n) is 31.1. The van der Waals surface area contributed by atoms with E-state index in [-0.39, 0.29) is 19.8 Å². The molecular weight excluding hydrogens is 750 g/mol. The number of ether oxygens (including phenoxy) is 9. The quantitative estimate of drug-likeness (QED) is 0.132. The molecule has 2 aliphatic heterocycles. The molecule has 2 fully saturated rings. The summed E-state index contributed by atoms with van der Waals surface area (Å²) in [5.74, 6) is -4.07. The van der Waals surface area contributed by atoms with Crippen molar-refractivity contribution in [1.82, 2.24) is 16.0 Å². The van der Waals surface area contributed by atoms with Crippen LogP contribution >= 0.6 is 0 Å². The van der Waals surface area contributed by atoms with Gasteiger partial charge in [-0.2, -0.15) is 0 Å². The predicted octanol–water partition coefficient (Wildman–Crippen LogP) is 3.01. The third-order valence-electron chi connectivity index (χ3n) is 8.12. The number of carbonyl (C=O) groups is 6. The minimum atomic E-state index is -1.49. The van der Waals surface area contributed by atoms with Gasteiger partial charge >= 0.3 is 36.2 Å². The lowest BCUT2D eigenvalue weighted by atomic mass is 10.1. The molecule has 0 saturated carbocycles. The first-order valence-corrected chi connectivity index (χ1v) is 17.8. The molecule has 0 radical (unpaired) electrons. The van der Waals surface area contributed by atoms with Gasteiger partial charge in [-0.25, -0.2) is 14.4 Å². The topological polar surface area (TPSA) is 222 Å². The molecule has 18 heteroatoms. The molecule has 304 valence electrons. The summed E-state index contributed by atoms with van der Waals surface area (Å²) >= 11 is 0. The molecule has 18 nitrogen and oxygen atoms in total. The predicted molar refractivity (Wildman–Crippen MR) is 193 cm³/mol. The molecule has 3 aromatic carbocycles. The summed E-state index contributed by atoms with van der Waals surface area (Å²) in [4.78, 5) is 75.7. The van der Waals surface area contributed by atoms with E-state index in [9.17, 15) is 28.8 Å². The van der Waals surface area contributed by atoms with E-state index < -0.39 is 98.9 Å². The molecule has 2 heterocycles. The highest BCUT2D eigenvalue weighted by Gasteiger charge is 2.59. The molecule has 2 saturated heterocycles. The van der Waals surface area contributed by atoms with E-state index >= 15 is 0 Å². The molecule has 0 aromatic heterocycles. The Kier molecular flexibility index (Phi) is 15.2. The maximum absolute atomic E-state index is 13.1. The van der Waals surface area contributed by atoms with Crippen LogP contribution in [0.25, 0.3) is 0 Å². The standard InChI is InChI=1S/C39H43N3O15/c1-39(2)56-34-33(54-31(45)20-42-38(48)52-23-27-16-10-5-11-17-27)32(55-35(34)57-39)28(53-30(44)19-41-37(47)51-22-26-14-8-4-9-15-26)24-49-29(43)18-40-36(46)50-21-25-12-6-3-7-13-25/h3-17,28,32-35H,18-24H2,1-2H3,(H,40,46)(H,41,47)(H,42,48)/t28-,32-,33+,34-,35+/m1/s1. The molecule has 5 atom stereocenters. The highest BCUT2D eigenvalue weighted by Crippen LogP contribution is 2.40. The first-order valence-electron chi connectivity index (χ1n) is 17.8. The number of rotatable bonds is 17. The van der Waals surface area contributed by atoms with Crippen LogP contribution in [0.15, 0.2) is 91.0 Å². The fourth-order valence-corrected chi connectivity index (χ4v) is 5.52. The lowest BCUT2D eigenvalue weighted by molar-refractivity contribution is -0.234. The number of alkyl carbamates (subject to hydrolysis) is 3. The summed E-state index contributed by atoms with van der Waals surface area (Å²) in [5, 5.41) is 6.86. The third kappa shape index (κ3) is 13.8. The molecular formula is C39H43N3O15. The lowest BCUT2D eigenvalue weighted by Gasteiger charge is -2.30. The van der Waals surface area contributed by atoms with Crippen LogP contribution in [-0.2, 0) is 76.8 Å². The summed E-state index contributed by atoms with van der Waals surface area (Å²) in [6.07, 6.45) is -9.07. The van der Waals surface area contributed by atoms with E-state index in [1.165, 1.54) is 0 Å². The molecule has 5 rings (SSSR count). The van der Waals surface area contributed by atoms with Gasteiger partial charge in [-0.15, -0.1) is 0 Å². The second-order valence-electron chi connectivity index (χ2n) is 13.0. The fourth-order valence-electron chi connectivity index (χ4n) is 5.52. The average Bonchev–Trinajstić information content (AvgIpc) is 3.69. The van der Waals surface area contributed by atoms with E-state index in [1.807, 2.05) is 12.1 Å². The van der Waals surface area contributed by atoms with E-state index in [0.29, 0.717) is 5.56 Å². The SMILES string of the molecule is CC1(C)O[C@@H]2O[C@H]([C@@H](COC(=O)CNC(=O)OCc3ccccc3)OC(=O)CNC(=O)OCc3ccccc3)[C@H](OC(=O)CNC(=O)OCc3ccccc3)[C@H]2O1. The lowest BCUT2D eigenvalue weighted by Crippen LogP contribution is -2.49. The van der Waals surface area contributed by atoms with Crippen molar-refractivity contribution in [3.63, 3.8) is 0 Å². The van der Waals surface area contributed by atoms with Gasteiger partial charge in [0.05, 0.1) is 0 Å². The zero-order chi connectivity index (χ0) is 40.6. The minimum absolute atomic E-state index is 0.0413. The van der Waals surface area contributed by atoms with E-state index in [4.69, 9.17) is 42.6 Å². The summed E-state index contributed by atoms with van der Waals surface area (Å²) in [6.45, 7) is 0.473. The molecule has 3 N–H and O–H groups in total. The number of hydrogen-bond donors (Lipinski definition) is 3. The van der Waals surface area contributed by atoms with Crippen molar-refractivity contribution >= 4 is 36.2 Å². The number of hydrogen-bond acceptors (Lipinski definition) is 15. The Morgan fingerprint density at radius 2 is 1.04 bits per heavy atom. The van der Waals surface area contributed by atoms with Crippen molar-refractivity contribution in [3.8, 4) is 0 Å². The summed E-state index contributed by atoms with van der Waals surface area (Å²) in [6, 6.07) is 26.6. The molecule has 3 aromatic rings. The monoisotopic (exact) mass is 793 g/mol. The Morgan fingerprint density at radius 3 is 1.51 bits per heavy atom. The van der Waals surface area contributed by atoms with Gasteiger partial charge in [0.2, 0.25) is 0 Å². The second-order valence-corrected chi connectivity index (χ2v) is 13.0. The molecule has 0 unspecified atom stereocenters. The first kappa shape index (κ1) is 41.9. The van der Waals surface area contributed by atoms with Crippen molar-refractivity contribution in [2.75, 3.05) is 26.2 Å². The maximum atomic E-state index is 13.1. The van der Waals surface area contributed by atoms with Crippen LogP contribution in [0.4, 0.5) is 14.4 Å². The average molecular weight is 794 g/mol. The number of benzene rings is 3. The Bertz CT molecular complexity index is 1810. The van der Waals surface area contributed by atoms with Crippen LogP contribution in [0.2, 0.25) is 0 Å². The van der Waals surface area contributed by atoms with Crippen LogP contribution in [0.5, 0.6) is 0 Å². The van der Waals surface area contributed by atoms with E-state index in [2.05, 4.69) is 16.0 Å². The van der Waals surface area contributed by atoms with Crippen molar-refractivity contribution in [2.45, 2.75) is 70.2 Å². The number of carbonyl (C=O) groups excluding carboxylic acids is 6. The Labute approximate surface area is 327 Å². The minimum Gasteiger partial charge on any atom is -0.460 e. The maximum Gasteiger partial charge on any atom is 0.407 e. The van der Waals surface area contributed by atoms with Crippen LogP contribution in [-0.4, -0.2) is 98.9 Å². The Morgan fingerprint density at radius 1 is 0.596 bits per heavy atom. The molecule has 0 aliphatic carbocycles. The Hall–Kier alpha value is -6.24. The second kappa shape index (κ2) is 20.6. The molecule has 0 bridgehead atoms. The van der Waals surface area contributed by atoms with E-state index in [1.54, 1.807) is 92.7 Å². The summed E-state index contributed by atoms with van der Waals surface area (Å²) < 4.78 is 49.8. The Balaban J connectivity index is 1.20. The number of amides is 3. The molecule has 3 amide bonds. The van der Waals surface area contributed by atoms with E-state index in [0.717, 1.165) is 11.1 Å². The van der Waals surface area contributed by atoms with Crippen molar-refractivity contribution in [1.29, 1.82) is 0 Å². The normalized spacial score (nSPS) is 19.5. The molecule has 2 aliphatic rings. The van der Waals surface area contributed by atoms with Gasteiger partial charge in [0, 0.05) is 0 Å². The van der Waals surface area contributed by atoms with Gasteiger partial charge in [0.1, 0.15) is 52.2 Å². The fraction of sp³-hybridized carbons (Fsp3) is 0.385. The van der Waals surface area contributed by atoms with Crippen molar-refractivity contribution < 1.29 is 71.4 Å². The van der Waals surface area contributed by atoms with Gasteiger partial charge in [0.15, 0.2) is 30.4 Å². The van der Waals surface area contributed by atoms with Gasteiger partial charge in [-0.1, -0.05) is 91.0 Å². The van der Waals surface area contributed by atoms with Crippen LogP contribution in [0.1, 0.15) is 30.5 Å². The smallest absolute Gasteiger partial charge is 0.407 e.